The van der Waals surface area contributed by atoms with Crippen LogP contribution in [-0.4, -0.2) is 16.3 Å². The van der Waals surface area contributed by atoms with Crippen LogP contribution in [0.1, 0.15) is 16.2 Å². The molecule has 1 aromatic carbocycles. The van der Waals surface area contributed by atoms with Crippen molar-refractivity contribution in [3.05, 3.63) is 43.7 Å². The van der Waals surface area contributed by atoms with Gasteiger partial charge in [0, 0.05) is 0 Å². The lowest BCUT2D eigenvalue weighted by Crippen LogP contribution is -2.03. The second-order valence-electron chi connectivity index (χ2n) is 3.81. The number of carbonyl (C=O) groups excluding carboxylic acids is 1. The number of hydrogen-bond acceptors (Lipinski definition) is 4. The highest BCUT2D eigenvalue weighted by molar-refractivity contribution is 6.44. The maximum atomic E-state index is 11.1. The van der Waals surface area contributed by atoms with Crippen molar-refractivity contribution in [1.29, 1.82) is 0 Å². The molecule has 0 aliphatic heterocycles. The van der Waals surface area contributed by atoms with E-state index in [0.717, 1.165) is 0 Å². The van der Waals surface area contributed by atoms with Crippen LogP contribution >= 0.6 is 46.4 Å². The van der Waals surface area contributed by atoms with Gasteiger partial charge in [0.1, 0.15) is 16.8 Å². The SMILES string of the molecule is Cc1nc(Cl)c(C=O)c(Nc2cc(Cl)c(Cl)cc2Cl)n1. The van der Waals surface area contributed by atoms with Crippen LogP contribution in [0.3, 0.4) is 0 Å². The average molecular weight is 351 g/mol. The monoisotopic (exact) mass is 349 g/mol. The summed E-state index contributed by atoms with van der Waals surface area (Å²) in [5.41, 5.74) is 0.595. The molecule has 0 radical (unpaired) electrons. The molecule has 1 aromatic heterocycles. The lowest BCUT2D eigenvalue weighted by atomic mass is 10.3. The fourth-order valence-corrected chi connectivity index (χ4v) is 2.34. The molecule has 0 spiro atoms. The van der Waals surface area contributed by atoms with Gasteiger partial charge in [-0.3, -0.25) is 4.79 Å². The Labute approximate surface area is 135 Å². The van der Waals surface area contributed by atoms with Crippen molar-refractivity contribution in [3.8, 4) is 0 Å². The number of aldehydes is 1. The summed E-state index contributed by atoms with van der Waals surface area (Å²) in [6.07, 6.45) is 0.565. The van der Waals surface area contributed by atoms with E-state index in [1.807, 2.05) is 0 Å². The van der Waals surface area contributed by atoms with Crippen molar-refractivity contribution < 1.29 is 4.79 Å². The molecule has 1 N–H and O–H groups in total. The van der Waals surface area contributed by atoms with Gasteiger partial charge in [0.15, 0.2) is 6.29 Å². The van der Waals surface area contributed by atoms with E-state index in [1.165, 1.54) is 12.1 Å². The first-order chi connectivity index (χ1) is 9.42. The summed E-state index contributed by atoms with van der Waals surface area (Å²) in [6.45, 7) is 1.65. The summed E-state index contributed by atoms with van der Waals surface area (Å²) in [4.78, 5) is 19.1. The summed E-state index contributed by atoms with van der Waals surface area (Å²) in [6, 6.07) is 3.02. The van der Waals surface area contributed by atoms with Gasteiger partial charge in [0.25, 0.3) is 0 Å². The number of aryl methyl sites for hydroxylation is 1. The molecule has 104 valence electrons. The Hall–Kier alpha value is -1.07. The van der Waals surface area contributed by atoms with Gasteiger partial charge >= 0.3 is 0 Å². The van der Waals surface area contributed by atoms with Crippen LogP contribution < -0.4 is 5.32 Å². The van der Waals surface area contributed by atoms with Crippen molar-refractivity contribution >= 4 is 64.2 Å². The second-order valence-corrected chi connectivity index (χ2v) is 5.39. The molecule has 0 fully saturated rings. The van der Waals surface area contributed by atoms with Gasteiger partial charge < -0.3 is 5.32 Å². The fourth-order valence-electron chi connectivity index (χ4n) is 1.49. The largest absolute Gasteiger partial charge is 0.338 e. The third kappa shape index (κ3) is 3.15. The number of nitrogens with one attached hydrogen (secondary N) is 1. The van der Waals surface area contributed by atoms with Crippen LogP contribution in [-0.2, 0) is 0 Å². The van der Waals surface area contributed by atoms with Gasteiger partial charge in [-0.15, -0.1) is 0 Å². The Balaban J connectivity index is 2.50. The number of rotatable bonds is 3. The minimum absolute atomic E-state index is 0.0613. The summed E-state index contributed by atoms with van der Waals surface area (Å²) in [7, 11) is 0. The van der Waals surface area contributed by atoms with Crippen molar-refractivity contribution in [2.75, 3.05) is 5.32 Å². The van der Waals surface area contributed by atoms with E-state index < -0.39 is 0 Å². The molecule has 0 aliphatic rings. The van der Waals surface area contributed by atoms with E-state index in [1.54, 1.807) is 6.92 Å². The first-order valence-corrected chi connectivity index (χ1v) is 6.84. The molecule has 0 unspecified atom stereocenters. The average Bonchev–Trinajstić information content (AvgIpc) is 2.35. The zero-order chi connectivity index (χ0) is 14.9. The molecule has 0 saturated carbocycles. The molecule has 0 aliphatic carbocycles. The lowest BCUT2D eigenvalue weighted by Gasteiger charge is -2.11. The summed E-state index contributed by atoms with van der Waals surface area (Å²) in [5.74, 6) is 0.664. The zero-order valence-corrected chi connectivity index (χ0v) is 13.1. The molecule has 0 saturated heterocycles. The van der Waals surface area contributed by atoms with E-state index in [0.29, 0.717) is 32.9 Å². The van der Waals surface area contributed by atoms with Crippen molar-refractivity contribution in [2.24, 2.45) is 0 Å². The Morgan fingerprint density at radius 2 is 1.70 bits per heavy atom. The number of benzene rings is 1. The number of nitrogens with zero attached hydrogens (tertiary/aromatic N) is 2. The van der Waals surface area contributed by atoms with Crippen LogP contribution in [0.5, 0.6) is 0 Å². The molecule has 0 atom stereocenters. The van der Waals surface area contributed by atoms with Crippen molar-refractivity contribution in [2.45, 2.75) is 6.92 Å². The third-order valence-electron chi connectivity index (χ3n) is 2.39. The van der Waals surface area contributed by atoms with Gasteiger partial charge in [-0.05, 0) is 19.1 Å². The molecule has 8 heteroatoms. The summed E-state index contributed by atoms with van der Waals surface area (Å²) < 4.78 is 0. The fraction of sp³-hybridized carbons (Fsp3) is 0.0833. The highest BCUT2D eigenvalue weighted by Gasteiger charge is 2.13. The van der Waals surface area contributed by atoms with Gasteiger partial charge in [-0.2, -0.15) is 0 Å². The van der Waals surface area contributed by atoms with Crippen LogP contribution in [0, 0.1) is 6.92 Å². The molecule has 0 bridgehead atoms. The molecule has 20 heavy (non-hydrogen) atoms. The van der Waals surface area contributed by atoms with Crippen LogP contribution in [0.2, 0.25) is 20.2 Å². The quantitative estimate of drug-likeness (QED) is 0.483. The van der Waals surface area contributed by atoms with E-state index in [4.69, 9.17) is 46.4 Å². The predicted octanol–water partition coefficient (Wildman–Crippen LogP) is 4.95. The summed E-state index contributed by atoms with van der Waals surface area (Å²) in [5, 5.41) is 3.95. The van der Waals surface area contributed by atoms with Crippen LogP contribution in [0.25, 0.3) is 0 Å². The standard InChI is InChI=1S/C12H7Cl4N3O/c1-5-17-11(16)6(4-20)12(18-5)19-10-3-8(14)7(13)2-9(10)15/h2-4H,1H3,(H,17,18,19). The maximum Gasteiger partial charge on any atom is 0.156 e. The predicted molar refractivity (Wildman–Crippen MR) is 81.9 cm³/mol. The summed E-state index contributed by atoms with van der Waals surface area (Å²) >= 11 is 23.7. The van der Waals surface area contributed by atoms with Gasteiger partial charge in [0.2, 0.25) is 0 Å². The van der Waals surface area contributed by atoms with E-state index >= 15 is 0 Å². The molecule has 2 aromatic rings. The lowest BCUT2D eigenvalue weighted by molar-refractivity contribution is 0.112. The first-order valence-electron chi connectivity index (χ1n) is 5.33. The molecular weight excluding hydrogens is 344 g/mol. The third-order valence-corrected chi connectivity index (χ3v) is 3.71. The topological polar surface area (TPSA) is 54.9 Å². The van der Waals surface area contributed by atoms with Gasteiger partial charge in [-0.25, -0.2) is 9.97 Å². The van der Waals surface area contributed by atoms with Crippen molar-refractivity contribution in [1.82, 2.24) is 9.97 Å². The van der Waals surface area contributed by atoms with Gasteiger partial charge in [0.05, 0.1) is 26.3 Å². The Morgan fingerprint density at radius 1 is 1.05 bits per heavy atom. The smallest absolute Gasteiger partial charge is 0.156 e. The van der Waals surface area contributed by atoms with E-state index in [9.17, 15) is 4.79 Å². The van der Waals surface area contributed by atoms with Crippen molar-refractivity contribution in [3.63, 3.8) is 0 Å². The van der Waals surface area contributed by atoms with Gasteiger partial charge in [-0.1, -0.05) is 46.4 Å². The second kappa shape index (κ2) is 6.14. The molecular formula is C12H7Cl4N3O. The number of anilines is 2. The maximum absolute atomic E-state index is 11.1. The molecule has 4 nitrogen and oxygen atoms in total. The minimum Gasteiger partial charge on any atom is -0.338 e. The molecule has 0 amide bonds. The molecule has 1 heterocycles. The molecule has 2 rings (SSSR count). The zero-order valence-electron chi connectivity index (χ0n) is 10.0. The highest BCUT2D eigenvalue weighted by atomic mass is 35.5. The number of hydrogen-bond donors (Lipinski definition) is 1. The Morgan fingerprint density at radius 3 is 2.35 bits per heavy atom. The normalized spacial score (nSPS) is 10.4. The first kappa shape index (κ1) is 15.3. The van der Waals surface area contributed by atoms with Crippen LogP contribution in [0.15, 0.2) is 12.1 Å². The number of halogens is 4. The highest BCUT2D eigenvalue weighted by Crippen LogP contribution is 2.34. The Bertz CT molecular complexity index is 691. The van der Waals surface area contributed by atoms with E-state index in [-0.39, 0.29) is 16.5 Å². The van der Waals surface area contributed by atoms with Crippen LogP contribution in [0.4, 0.5) is 11.5 Å². The van der Waals surface area contributed by atoms with E-state index in [2.05, 4.69) is 15.3 Å². The Kier molecular flexibility index (Phi) is 4.70. The number of carbonyl (C=O) groups is 1. The minimum atomic E-state index is 0.0613. The number of aromatic nitrogens is 2.